The minimum atomic E-state index is 0. The summed E-state index contributed by atoms with van der Waals surface area (Å²) in [6.07, 6.45) is 4.59. The van der Waals surface area contributed by atoms with Crippen molar-refractivity contribution in [1.29, 1.82) is 0 Å². The number of piperidine rings is 2. The minimum absolute atomic E-state index is 0. The third kappa shape index (κ3) is 1.92. The van der Waals surface area contributed by atoms with Crippen molar-refractivity contribution in [3.8, 4) is 0 Å². The fourth-order valence-corrected chi connectivity index (χ4v) is 5.44. The number of nitrogens with one attached hydrogen (secondary N) is 1. The highest BCUT2D eigenvalue weighted by molar-refractivity contribution is 5.85. The quantitative estimate of drug-likeness (QED) is 0.908. The molecule has 5 rings (SSSR count). The normalized spacial score (nSPS) is 39.3. The zero-order valence-corrected chi connectivity index (χ0v) is 13.6. The first-order valence-electron chi connectivity index (χ1n) is 8.00. The summed E-state index contributed by atoms with van der Waals surface area (Å²) in [6.45, 7) is 4.11. The van der Waals surface area contributed by atoms with Gasteiger partial charge in [-0.15, -0.1) is 12.4 Å². The van der Waals surface area contributed by atoms with Gasteiger partial charge in [-0.25, -0.2) is 0 Å². The maximum atomic E-state index is 11.9. The van der Waals surface area contributed by atoms with E-state index in [0.29, 0.717) is 29.2 Å². The van der Waals surface area contributed by atoms with Gasteiger partial charge in [0.1, 0.15) is 5.78 Å². The predicted molar refractivity (Wildman–Crippen MR) is 87.0 cm³/mol. The SMILES string of the molecule is CC[C@]12CC3NC(Cc4ccccc41)C2CC3C(C)=O.Cl. The topological polar surface area (TPSA) is 29.1 Å². The van der Waals surface area contributed by atoms with Crippen LogP contribution in [0.3, 0.4) is 0 Å². The van der Waals surface area contributed by atoms with E-state index in [1.165, 1.54) is 12.0 Å². The van der Waals surface area contributed by atoms with Gasteiger partial charge in [0, 0.05) is 23.4 Å². The molecule has 2 saturated heterocycles. The standard InChI is InChI=1S/C18H23NO.ClH/c1-3-18-10-17-13(11(2)20)9-15(18)16(19-17)8-12-6-4-5-7-14(12)18;/h4-7,13,15-17,19H,3,8-10H2,1-2H3;1H/t13?,15?,16?,17?,18-;/m0./s1. The molecule has 4 aliphatic rings. The number of benzene rings is 1. The molecular formula is C18H24ClNO. The van der Waals surface area contributed by atoms with Crippen LogP contribution in [0, 0.1) is 11.8 Å². The second-order valence-corrected chi connectivity index (χ2v) is 7.01. The monoisotopic (exact) mass is 305 g/mol. The molecule has 5 atom stereocenters. The number of ketones is 1. The predicted octanol–water partition coefficient (Wildman–Crippen LogP) is 3.27. The van der Waals surface area contributed by atoms with Crippen molar-refractivity contribution < 1.29 is 4.79 Å². The lowest BCUT2D eigenvalue weighted by atomic mass is 9.48. The molecular weight excluding hydrogens is 282 g/mol. The van der Waals surface area contributed by atoms with Crippen LogP contribution < -0.4 is 5.32 Å². The van der Waals surface area contributed by atoms with Gasteiger partial charge in [-0.2, -0.15) is 0 Å². The molecule has 2 nitrogen and oxygen atoms in total. The van der Waals surface area contributed by atoms with Gasteiger partial charge in [0.05, 0.1) is 0 Å². The van der Waals surface area contributed by atoms with Crippen molar-refractivity contribution in [2.75, 3.05) is 0 Å². The highest BCUT2D eigenvalue weighted by atomic mass is 35.5. The maximum Gasteiger partial charge on any atom is 0.134 e. The molecule has 2 aliphatic carbocycles. The van der Waals surface area contributed by atoms with Gasteiger partial charge in [-0.1, -0.05) is 31.2 Å². The molecule has 0 radical (unpaired) electrons. The number of hydrogen-bond donors (Lipinski definition) is 1. The summed E-state index contributed by atoms with van der Waals surface area (Å²) >= 11 is 0. The van der Waals surface area contributed by atoms with Crippen LogP contribution in [0.25, 0.3) is 0 Å². The first kappa shape index (κ1) is 15.1. The van der Waals surface area contributed by atoms with Gasteiger partial charge in [-0.05, 0) is 49.7 Å². The number of carbonyl (C=O) groups is 1. The van der Waals surface area contributed by atoms with Crippen LogP contribution in [0.15, 0.2) is 24.3 Å². The molecule has 4 bridgehead atoms. The Morgan fingerprint density at radius 2 is 2.10 bits per heavy atom. The Morgan fingerprint density at radius 1 is 1.33 bits per heavy atom. The third-order valence-electron chi connectivity index (χ3n) is 6.35. The van der Waals surface area contributed by atoms with E-state index in [1.807, 2.05) is 0 Å². The van der Waals surface area contributed by atoms with Crippen molar-refractivity contribution in [3.63, 3.8) is 0 Å². The minimum Gasteiger partial charge on any atom is -0.310 e. The molecule has 1 aromatic carbocycles. The van der Waals surface area contributed by atoms with E-state index in [0.717, 1.165) is 19.3 Å². The van der Waals surface area contributed by atoms with Crippen LogP contribution in [-0.4, -0.2) is 17.9 Å². The van der Waals surface area contributed by atoms with Crippen LogP contribution in [0.1, 0.15) is 44.2 Å². The Hall–Kier alpha value is -0.860. The molecule has 2 aliphatic heterocycles. The van der Waals surface area contributed by atoms with Crippen molar-refractivity contribution in [3.05, 3.63) is 35.4 Å². The molecule has 0 aromatic heterocycles. The Balaban J connectivity index is 0.00000132. The number of Topliss-reactive ketones (excluding diaryl/α,β-unsaturated/α-hetero) is 1. The molecule has 1 aromatic rings. The van der Waals surface area contributed by atoms with Gasteiger partial charge in [0.15, 0.2) is 0 Å². The van der Waals surface area contributed by atoms with Crippen LogP contribution >= 0.6 is 12.4 Å². The van der Waals surface area contributed by atoms with E-state index in [1.54, 1.807) is 12.5 Å². The lowest BCUT2D eigenvalue weighted by Gasteiger charge is -2.61. The Kier molecular flexibility index (Phi) is 3.66. The molecule has 1 saturated carbocycles. The van der Waals surface area contributed by atoms with Crippen LogP contribution in [-0.2, 0) is 16.6 Å². The molecule has 3 heteroatoms. The number of carbonyl (C=O) groups excluding carboxylic acids is 1. The summed E-state index contributed by atoms with van der Waals surface area (Å²) in [5, 5.41) is 3.79. The summed E-state index contributed by atoms with van der Waals surface area (Å²) in [7, 11) is 0. The summed E-state index contributed by atoms with van der Waals surface area (Å²) in [6, 6.07) is 9.98. The van der Waals surface area contributed by atoms with Crippen LogP contribution in [0.5, 0.6) is 0 Å². The van der Waals surface area contributed by atoms with E-state index in [2.05, 4.69) is 36.5 Å². The summed E-state index contributed by atoms with van der Waals surface area (Å²) < 4.78 is 0. The average Bonchev–Trinajstić information content (AvgIpc) is 2.46. The molecule has 2 heterocycles. The molecule has 1 N–H and O–H groups in total. The van der Waals surface area contributed by atoms with Crippen LogP contribution in [0.2, 0.25) is 0 Å². The van der Waals surface area contributed by atoms with Crippen molar-refractivity contribution >= 4 is 18.2 Å². The van der Waals surface area contributed by atoms with E-state index >= 15 is 0 Å². The summed E-state index contributed by atoms with van der Waals surface area (Å²) in [5.74, 6) is 1.27. The van der Waals surface area contributed by atoms with Crippen molar-refractivity contribution in [2.24, 2.45) is 11.8 Å². The molecule has 114 valence electrons. The second kappa shape index (κ2) is 5.10. The van der Waals surface area contributed by atoms with E-state index in [9.17, 15) is 4.79 Å². The Bertz CT molecular complexity index is 572. The summed E-state index contributed by atoms with van der Waals surface area (Å²) in [5.41, 5.74) is 3.43. The fraction of sp³-hybridized carbons (Fsp3) is 0.611. The van der Waals surface area contributed by atoms with E-state index in [4.69, 9.17) is 0 Å². The zero-order valence-electron chi connectivity index (χ0n) is 12.8. The number of halogens is 1. The zero-order chi connectivity index (χ0) is 13.9. The largest absolute Gasteiger partial charge is 0.310 e. The van der Waals surface area contributed by atoms with Gasteiger partial charge >= 0.3 is 0 Å². The lowest BCUT2D eigenvalue weighted by molar-refractivity contribution is -0.127. The number of fused-ring (bicyclic) bond motifs is 2. The fourth-order valence-electron chi connectivity index (χ4n) is 5.44. The number of hydrogen-bond acceptors (Lipinski definition) is 2. The van der Waals surface area contributed by atoms with E-state index < -0.39 is 0 Å². The lowest BCUT2D eigenvalue weighted by Crippen LogP contribution is -2.69. The summed E-state index contributed by atoms with van der Waals surface area (Å²) in [4.78, 5) is 11.9. The second-order valence-electron chi connectivity index (χ2n) is 7.01. The molecule has 3 fully saturated rings. The van der Waals surface area contributed by atoms with Crippen LogP contribution in [0.4, 0.5) is 0 Å². The first-order valence-corrected chi connectivity index (χ1v) is 8.00. The third-order valence-corrected chi connectivity index (χ3v) is 6.35. The highest BCUT2D eigenvalue weighted by Crippen LogP contribution is 2.56. The van der Waals surface area contributed by atoms with Gasteiger partial charge in [-0.3, -0.25) is 4.79 Å². The van der Waals surface area contributed by atoms with Gasteiger partial charge < -0.3 is 5.32 Å². The van der Waals surface area contributed by atoms with Gasteiger partial charge in [0.2, 0.25) is 0 Å². The van der Waals surface area contributed by atoms with E-state index in [-0.39, 0.29) is 18.3 Å². The first-order chi connectivity index (χ1) is 9.65. The molecule has 4 unspecified atom stereocenters. The highest BCUT2D eigenvalue weighted by Gasteiger charge is 2.58. The van der Waals surface area contributed by atoms with Crippen molar-refractivity contribution in [2.45, 2.75) is 57.0 Å². The Labute approximate surface area is 133 Å². The molecule has 0 amide bonds. The smallest absolute Gasteiger partial charge is 0.134 e. The molecule has 0 spiro atoms. The van der Waals surface area contributed by atoms with Crippen molar-refractivity contribution in [1.82, 2.24) is 5.32 Å². The molecule has 21 heavy (non-hydrogen) atoms. The average molecular weight is 306 g/mol. The van der Waals surface area contributed by atoms with Gasteiger partial charge in [0.25, 0.3) is 0 Å². The number of rotatable bonds is 2. The Morgan fingerprint density at radius 3 is 2.76 bits per heavy atom. The maximum absolute atomic E-state index is 11.9.